The number of benzene rings is 1. The number of nitrogens with one attached hydrogen (secondary N) is 1. The molecule has 20 heavy (non-hydrogen) atoms. The van der Waals surface area contributed by atoms with Gasteiger partial charge < -0.3 is 9.47 Å². The second-order valence-electron chi connectivity index (χ2n) is 5.03. The Labute approximate surface area is 119 Å². The highest BCUT2D eigenvalue weighted by molar-refractivity contribution is 5.83. The molecule has 0 aromatic heterocycles. The van der Waals surface area contributed by atoms with Gasteiger partial charge in [0.25, 0.3) is 0 Å². The number of amides is 1. The molecule has 0 spiro atoms. The van der Waals surface area contributed by atoms with Gasteiger partial charge in [0.2, 0.25) is 0 Å². The molecular weight excluding hydrogens is 256 g/mol. The highest BCUT2D eigenvalue weighted by atomic mass is 16.6. The highest BCUT2D eigenvalue weighted by Crippen LogP contribution is 2.07. The maximum atomic E-state index is 11.4. The maximum absolute atomic E-state index is 11.4. The Hall–Kier alpha value is -2.30. The van der Waals surface area contributed by atoms with Gasteiger partial charge in [-0.25, -0.2) is 10.2 Å². The Morgan fingerprint density at radius 1 is 1.25 bits per heavy atom. The molecule has 0 aliphatic heterocycles. The number of hydrogen-bond acceptors (Lipinski definition) is 4. The Kier molecular flexibility index (Phi) is 5.77. The molecule has 1 aromatic carbocycles. The van der Waals surface area contributed by atoms with Crippen molar-refractivity contribution in [2.24, 2.45) is 5.10 Å². The molecule has 1 amide bonds. The predicted molar refractivity (Wildman–Crippen MR) is 79.3 cm³/mol. The zero-order chi connectivity index (χ0) is 15.0. The SMILES string of the molecule is COC(=C\c1ccccc1)/C=N/NC(=O)OC(C)(C)C. The third kappa shape index (κ3) is 6.58. The molecule has 0 bridgehead atoms. The lowest BCUT2D eigenvalue weighted by atomic mass is 10.2. The minimum Gasteiger partial charge on any atom is -0.495 e. The minimum absolute atomic E-state index is 0.521. The zero-order valence-corrected chi connectivity index (χ0v) is 12.2. The molecule has 0 fully saturated rings. The number of allylic oxidation sites excluding steroid dienone is 1. The molecule has 108 valence electrons. The lowest BCUT2D eigenvalue weighted by Crippen LogP contribution is -2.29. The van der Waals surface area contributed by atoms with Gasteiger partial charge in [-0.2, -0.15) is 5.10 Å². The third-order valence-electron chi connectivity index (χ3n) is 2.09. The Balaban J connectivity index is 2.59. The van der Waals surface area contributed by atoms with E-state index in [1.54, 1.807) is 26.8 Å². The summed E-state index contributed by atoms with van der Waals surface area (Å²) in [6, 6.07) is 9.66. The summed E-state index contributed by atoms with van der Waals surface area (Å²) in [7, 11) is 1.54. The van der Waals surface area contributed by atoms with Crippen LogP contribution >= 0.6 is 0 Å². The molecule has 0 atom stereocenters. The number of methoxy groups -OCH3 is 1. The number of carbonyl (C=O) groups excluding carboxylic acids is 1. The molecule has 1 N–H and O–H groups in total. The minimum atomic E-state index is -0.607. The van der Waals surface area contributed by atoms with Gasteiger partial charge in [0, 0.05) is 0 Å². The van der Waals surface area contributed by atoms with Crippen LogP contribution in [0.1, 0.15) is 26.3 Å². The standard InChI is InChI=1S/C15H20N2O3/c1-15(2,3)20-14(18)17-16-11-13(19-4)10-12-8-6-5-7-9-12/h5-11H,1-4H3,(H,17,18)/b13-10-,16-11+. The van der Waals surface area contributed by atoms with Gasteiger partial charge in [-0.15, -0.1) is 0 Å². The van der Waals surface area contributed by atoms with Crippen molar-refractivity contribution in [1.29, 1.82) is 0 Å². The van der Waals surface area contributed by atoms with Gasteiger partial charge in [-0.05, 0) is 32.4 Å². The van der Waals surface area contributed by atoms with Crippen LogP contribution in [0.25, 0.3) is 6.08 Å². The highest BCUT2D eigenvalue weighted by Gasteiger charge is 2.15. The van der Waals surface area contributed by atoms with Crippen LogP contribution in [0.3, 0.4) is 0 Å². The third-order valence-corrected chi connectivity index (χ3v) is 2.09. The number of nitrogens with zero attached hydrogens (tertiary/aromatic N) is 1. The number of hydrazone groups is 1. The fourth-order valence-corrected chi connectivity index (χ4v) is 1.31. The molecule has 0 heterocycles. The van der Waals surface area contributed by atoms with Gasteiger partial charge in [-0.3, -0.25) is 0 Å². The van der Waals surface area contributed by atoms with Crippen molar-refractivity contribution in [1.82, 2.24) is 5.43 Å². The van der Waals surface area contributed by atoms with E-state index in [1.165, 1.54) is 13.3 Å². The van der Waals surface area contributed by atoms with Crippen LogP contribution in [-0.4, -0.2) is 25.0 Å². The van der Waals surface area contributed by atoms with Crippen molar-refractivity contribution in [3.05, 3.63) is 41.7 Å². The first-order valence-electron chi connectivity index (χ1n) is 6.23. The molecule has 0 aliphatic rings. The quantitative estimate of drug-likeness (QED) is 0.522. The average molecular weight is 276 g/mol. The molecule has 5 heteroatoms. The number of ether oxygens (including phenoxy) is 2. The summed E-state index contributed by atoms with van der Waals surface area (Å²) in [4.78, 5) is 11.4. The van der Waals surface area contributed by atoms with Crippen molar-refractivity contribution in [3.63, 3.8) is 0 Å². The van der Waals surface area contributed by atoms with Crippen LogP contribution in [-0.2, 0) is 9.47 Å². The summed E-state index contributed by atoms with van der Waals surface area (Å²) in [5.74, 6) is 0.521. The smallest absolute Gasteiger partial charge is 0.428 e. The van der Waals surface area contributed by atoms with Crippen LogP contribution in [0.4, 0.5) is 4.79 Å². The molecule has 0 unspecified atom stereocenters. The first kappa shape index (κ1) is 15.8. The molecule has 1 aromatic rings. The van der Waals surface area contributed by atoms with Gasteiger partial charge in [-0.1, -0.05) is 30.3 Å². The fraction of sp³-hybridized carbons (Fsp3) is 0.333. The molecule has 1 rings (SSSR count). The largest absolute Gasteiger partial charge is 0.495 e. The van der Waals surface area contributed by atoms with Crippen LogP contribution in [0.5, 0.6) is 0 Å². The fourth-order valence-electron chi connectivity index (χ4n) is 1.31. The van der Waals surface area contributed by atoms with Gasteiger partial charge in [0.05, 0.1) is 13.3 Å². The second-order valence-corrected chi connectivity index (χ2v) is 5.03. The van der Waals surface area contributed by atoms with Crippen molar-refractivity contribution < 1.29 is 14.3 Å². The number of hydrogen-bond donors (Lipinski definition) is 1. The average Bonchev–Trinajstić information content (AvgIpc) is 2.36. The lowest BCUT2D eigenvalue weighted by molar-refractivity contribution is 0.0529. The molecule has 5 nitrogen and oxygen atoms in total. The summed E-state index contributed by atoms with van der Waals surface area (Å²) in [5.41, 5.74) is 2.70. The molecule has 0 saturated carbocycles. The monoisotopic (exact) mass is 276 g/mol. The Morgan fingerprint density at radius 3 is 2.45 bits per heavy atom. The summed E-state index contributed by atoms with van der Waals surface area (Å²) < 4.78 is 10.2. The van der Waals surface area contributed by atoms with Crippen molar-refractivity contribution >= 4 is 18.4 Å². The van der Waals surface area contributed by atoms with Crippen molar-refractivity contribution in [2.75, 3.05) is 7.11 Å². The number of carbonyl (C=O) groups is 1. The maximum Gasteiger partial charge on any atom is 0.428 e. The lowest BCUT2D eigenvalue weighted by Gasteiger charge is -2.18. The summed E-state index contributed by atoms with van der Waals surface area (Å²) in [6.45, 7) is 5.35. The van der Waals surface area contributed by atoms with Gasteiger partial charge >= 0.3 is 6.09 Å². The van der Waals surface area contributed by atoms with E-state index in [-0.39, 0.29) is 0 Å². The van der Waals surface area contributed by atoms with Crippen LogP contribution in [0.15, 0.2) is 41.2 Å². The van der Waals surface area contributed by atoms with E-state index in [4.69, 9.17) is 9.47 Å². The summed E-state index contributed by atoms with van der Waals surface area (Å²) in [5, 5.41) is 3.78. The first-order valence-corrected chi connectivity index (χ1v) is 6.23. The molecule has 0 saturated heterocycles. The summed E-state index contributed by atoms with van der Waals surface area (Å²) >= 11 is 0. The van der Waals surface area contributed by atoms with E-state index >= 15 is 0 Å². The van der Waals surface area contributed by atoms with E-state index in [2.05, 4.69) is 10.5 Å². The van der Waals surface area contributed by atoms with Crippen LogP contribution < -0.4 is 5.43 Å². The van der Waals surface area contributed by atoms with Crippen LogP contribution in [0, 0.1) is 0 Å². The van der Waals surface area contributed by atoms with E-state index in [0.29, 0.717) is 5.76 Å². The predicted octanol–water partition coefficient (Wildman–Crippen LogP) is 3.18. The Morgan fingerprint density at radius 2 is 1.90 bits per heavy atom. The van der Waals surface area contributed by atoms with E-state index < -0.39 is 11.7 Å². The van der Waals surface area contributed by atoms with Crippen LogP contribution in [0.2, 0.25) is 0 Å². The van der Waals surface area contributed by atoms with Gasteiger partial charge in [0.15, 0.2) is 0 Å². The second kappa shape index (κ2) is 7.33. The zero-order valence-electron chi connectivity index (χ0n) is 12.2. The normalized spacial score (nSPS) is 12.3. The van der Waals surface area contributed by atoms with Crippen molar-refractivity contribution in [3.8, 4) is 0 Å². The van der Waals surface area contributed by atoms with Gasteiger partial charge in [0.1, 0.15) is 11.4 Å². The Bertz CT molecular complexity index is 488. The van der Waals surface area contributed by atoms with E-state index in [1.807, 2.05) is 30.3 Å². The number of rotatable bonds is 4. The summed E-state index contributed by atoms with van der Waals surface area (Å²) in [6.07, 6.45) is 2.61. The van der Waals surface area contributed by atoms with E-state index in [9.17, 15) is 4.79 Å². The molecule has 0 radical (unpaired) electrons. The first-order chi connectivity index (χ1) is 9.40. The molecule has 0 aliphatic carbocycles. The van der Waals surface area contributed by atoms with E-state index in [0.717, 1.165) is 5.56 Å². The van der Waals surface area contributed by atoms with Crippen molar-refractivity contribution in [2.45, 2.75) is 26.4 Å². The molecular formula is C15H20N2O3. The topological polar surface area (TPSA) is 59.9 Å².